The Morgan fingerprint density at radius 2 is 2.14 bits per heavy atom. The molecule has 0 saturated carbocycles. The van der Waals surface area contributed by atoms with E-state index < -0.39 is 0 Å². The van der Waals surface area contributed by atoms with Gasteiger partial charge in [0.2, 0.25) is 0 Å². The van der Waals surface area contributed by atoms with Crippen LogP contribution in [0.5, 0.6) is 0 Å². The normalized spacial score (nSPS) is 12.7. The van der Waals surface area contributed by atoms with Gasteiger partial charge >= 0.3 is 0 Å². The molecule has 2 rings (SSSR count). The molecule has 0 aliphatic heterocycles. The molecule has 0 fully saturated rings. The third kappa shape index (κ3) is 1.53. The summed E-state index contributed by atoms with van der Waals surface area (Å²) in [5.74, 6) is 0. The molecule has 0 aliphatic rings. The van der Waals surface area contributed by atoms with Crippen molar-refractivity contribution in [2.45, 2.75) is 19.9 Å². The maximum Gasteiger partial charge on any atom is 0.0953 e. The summed E-state index contributed by atoms with van der Waals surface area (Å²) in [6.45, 7) is 4.20. The van der Waals surface area contributed by atoms with Gasteiger partial charge in [-0.2, -0.15) is 0 Å². The zero-order valence-electron chi connectivity index (χ0n) is 8.38. The number of imidazole rings is 1. The minimum absolute atomic E-state index is 0.297. The summed E-state index contributed by atoms with van der Waals surface area (Å²) in [4.78, 5) is 8.22. The summed E-state index contributed by atoms with van der Waals surface area (Å²) in [6, 6.07) is 4.33. The van der Waals surface area contributed by atoms with E-state index in [1.807, 2.05) is 24.8 Å². The van der Waals surface area contributed by atoms with E-state index in [0.29, 0.717) is 6.04 Å². The predicted octanol–water partition coefficient (Wildman–Crippen LogP) is 2.20. The van der Waals surface area contributed by atoms with Crippen LogP contribution in [0.15, 0.2) is 37.1 Å². The standard InChI is InChI=1S/C11H13N3/c1-9-6-13-8-14(9)10(2)11-4-3-5-12-7-11/h3-8,10H,1-2H3. The minimum atomic E-state index is 0.297. The fourth-order valence-corrected chi connectivity index (χ4v) is 1.56. The van der Waals surface area contributed by atoms with Gasteiger partial charge in [-0.25, -0.2) is 4.98 Å². The molecule has 0 spiro atoms. The molecule has 2 heterocycles. The minimum Gasteiger partial charge on any atom is -0.328 e. The average Bonchev–Trinajstić information content (AvgIpc) is 2.65. The Hall–Kier alpha value is -1.64. The quantitative estimate of drug-likeness (QED) is 0.721. The van der Waals surface area contributed by atoms with Crippen LogP contribution in [0.1, 0.15) is 24.2 Å². The Morgan fingerprint density at radius 3 is 2.71 bits per heavy atom. The molecule has 0 N–H and O–H groups in total. The van der Waals surface area contributed by atoms with Crippen molar-refractivity contribution in [3.63, 3.8) is 0 Å². The first-order valence-electron chi connectivity index (χ1n) is 4.67. The average molecular weight is 187 g/mol. The molecule has 0 amide bonds. The van der Waals surface area contributed by atoms with E-state index in [9.17, 15) is 0 Å². The Morgan fingerprint density at radius 1 is 1.29 bits per heavy atom. The van der Waals surface area contributed by atoms with Gasteiger partial charge in [0.1, 0.15) is 0 Å². The molecular formula is C11H13N3. The van der Waals surface area contributed by atoms with Gasteiger partial charge in [-0.3, -0.25) is 4.98 Å². The van der Waals surface area contributed by atoms with E-state index in [4.69, 9.17) is 0 Å². The number of aromatic nitrogens is 3. The van der Waals surface area contributed by atoms with Crippen molar-refractivity contribution in [3.05, 3.63) is 48.3 Å². The molecule has 72 valence electrons. The molecule has 14 heavy (non-hydrogen) atoms. The molecule has 0 saturated heterocycles. The SMILES string of the molecule is Cc1cncn1C(C)c1cccnc1. The fraction of sp³-hybridized carbons (Fsp3) is 0.273. The van der Waals surface area contributed by atoms with Gasteiger partial charge in [-0.05, 0) is 25.5 Å². The number of rotatable bonds is 2. The molecule has 3 heteroatoms. The number of aryl methyl sites for hydroxylation is 1. The number of pyridine rings is 1. The molecule has 3 nitrogen and oxygen atoms in total. The van der Waals surface area contributed by atoms with Gasteiger partial charge in [-0.15, -0.1) is 0 Å². The van der Waals surface area contributed by atoms with Gasteiger partial charge in [0.05, 0.1) is 12.4 Å². The monoisotopic (exact) mass is 187 g/mol. The smallest absolute Gasteiger partial charge is 0.0953 e. The van der Waals surface area contributed by atoms with Crippen LogP contribution in [0.2, 0.25) is 0 Å². The van der Waals surface area contributed by atoms with Crippen LogP contribution in [0.25, 0.3) is 0 Å². The van der Waals surface area contributed by atoms with Crippen LogP contribution >= 0.6 is 0 Å². The second-order valence-electron chi connectivity index (χ2n) is 3.40. The second-order valence-corrected chi connectivity index (χ2v) is 3.40. The van der Waals surface area contributed by atoms with E-state index in [-0.39, 0.29) is 0 Å². The second kappa shape index (κ2) is 3.62. The van der Waals surface area contributed by atoms with E-state index >= 15 is 0 Å². The van der Waals surface area contributed by atoms with Crippen molar-refractivity contribution in [1.29, 1.82) is 0 Å². The van der Waals surface area contributed by atoms with E-state index in [0.717, 1.165) is 0 Å². The molecule has 1 atom stereocenters. The molecule has 2 aromatic heterocycles. The highest BCUT2D eigenvalue weighted by molar-refractivity contribution is 5.15. The van der Waals surface area contributed by atoms with Crippen LogP contribution in [-0.4, -0.2) is 14.5 Å². The first-order chi connectivity index (χ1) is 6.79. The van der Waals surface area contributed by atoms with Crippen molar-refractivity contribution in [2.75, 3.05) is 0 Å². The lowest BCUT2D eigenvalue weighted by atomic mass is 10.1. The van der Waals surface area contributed by atoms with Gasteiger partial charge in [0.25, 0.3) is 0 Å². The summed E-state index contributed by atoms with van der Waals surface area (Å²) < 4.78 is 2.14. The van der Waals surface area contributed by atoms with Crippen molar-refractivity contribution in [2.24, 2.45) is 0 Å². The topological polar surface area (TPSA) is 30.7 Å². The first-order valence-corrected chi connectivity index (χ1v) is 4.67. The van der Waals surface area contributed by atoms with Gasteiger partial charge in [0, 0.05) is 24.3 Å². The van der Waals surface area contributed by atoms with Crippen LogP contribution in [-0.2, 0) is 0 Å². The highest BCUT2D eigenvalue weighted by Crippen LogP contribution is 2.17. The van der Waals surface area contributed by atoms with E-state index in [1.54, 1.807) is 6.20 Å². The lowest BCUT2D eigenvalue weighted by Gasteiger charge is -2.14. The highest BCUT2D eigenvalue weighted by Gasteiger charge is 2.08. The summed E-state index contributed by atoms with van der Waals surface area (Å²) in [6.07, 6.45) is 7.40. The molecule has 2 aromatic rings. The van der Waals surface area contributed by atoms with Crippen LogP contribution < -0.4 is 0 Å². The maximum absolute atomic E-state index is 4.11. The van der Waals surface area contributed by atoms with Gasteiger partial charge in [-0.1, -0.05) is 6.07 Å². The zero-order valence-corrected chi connectivity index (χ0v) is 8.38. The van der Waals surface area contributed by atoms with Crippen molar-refractivity contribution in [3.8, 4) is 0 Å². The summed E-state index contributed by atoms with van der Waals surface area (Å²) >= 11 is 0. The maximum atomic E-state index is 4.11. The van der Waals surface area contributed by atoms with Crippen LogP contribution in [0, 0.1) is 6.92 Å². The molecule has 1 unspecified atom stereocenters. The molecule has 0 bridgehead atoms. The molecule has 0 aliphatic carbocycles. The number of hydrogen-bond donors (Lipinski definition) is 0. The third-order valence-electron chi connectivity index (χ3n) is 2.44. The zero-order chi connectivity index (χ0) is 9.97. The highest BCUT2D eigenvalue weighted by atomic mass is 15.1. The summed E-state index contributed by atoms with van der Waals surface area (Å²) in [7, 11) is 0. The van der Waals surface area contributed by atoms with Crippen molar-refractivity contribution < 1.29 is 0 Å². The lowest BCUT2D eigenvalue weighted by Crippen LogP contribution is -2.07. The van der Waals surface area contributed by atoms with Gasteiger partial charge < -0.3 is 4.57 Å². The molecule has 0 aromatic carbocycles. The summed E-state index contributed by atoms with van der Waals surface area (Å²) in [5.41, 5.74) is 2.37. The van der Waals surface area contributed by atoms with Crippen LogP contribution in [0.4, 0.5) is 0 Å². The number of nitrogens with zero attached hydrogens (tertiary/aromatic N) is 3. The van der Waals surface area contributed by atoms with Crippen molar-refractivity contribution >= 4 is 0 Å². The van der Waals surface area contributed by atoms with E-state index in [1.165, 1.54) is 11.3 Å². The Balaban J connectivity index is 2.34. The number of hydrogen-bond acceptors (Lipinski definition) is 2. The summed E-state index contributed by atoms with van der Waals surface area (Å²) in [5, 5.41) is 0. The lowest BCUT2D eigenvalue weighted by molar-refractivity contribution is 0.620. The van der Waals surface area contributed by atoms with Crippen molar-refractivity contribution in [1.82, 2.24) is 14.5 Å². The van der Waals surface area contributed by atoms with E-state index in [2.05, 4.69) is 34.4 Å². The first kappa shape index (κ1) is 8.94. The van der Waals surface area contributed by atoms with Gasteiger partial charge in [0.15, 0.2) is 0 Å². The molecule has 0 radical (unpaired) electrons. The third-order valence-corrected chi connectivity index (χ3v) is 2.44. The Kier molecular flexibility index (Phi) is 2.31. The Labute approximate surface area is 83.4 Å². The predicted molar refractivity (Wildman–Crippen MR) is 55.0 cm³/mol. The molecular weight excluding hydrogens is 174 g/mol. The largest absolute Gasteiger partial charge is 0.328 e. The Bertz CT molecular complexity index is 405. The fourth-order valence-electron chi connectivity index (χ4n) is 1.56. The van der Waals surface area contributed by atoms with Crippen LogP contribution in [0.3, 0.4) is 0 Å².